The number of likely N-dealkylation sites (tertiary alicyclic amines) is 1. The average Bonchev–Trinajstić information content (AvgIpc) is 2.98. The van der Waals surface area contributed by atoms with Crippen LogP contribution >= 0.6 is 0 Å². The van der Waals surface area contributed by atoms with Crippen LogP contribution in [0.2, 0.25) is 0 Å². The molecule has 0 aliphatic carbocycles. The molecule has 0 saturated carbocycles. The predicted octanol–water partition coefficient (Wildman–Crippen LogP) is 1.29. The van der Waals surface area contributed by atoms with Crippen LogP contribution in [-0.2, 0) is 27.1 Å². The third kappa shape index (κ3) is 3.29. The van der Waals surface area contributed by atoms with Crippen molar-refractivity contribution >= 4 is 0 Å². The van der Waals surface area contributed by atoms with Gasteiger partial charge in [-0.2, -0.15) is 0 Å². The quantitative estimate of drug-likeness (QED) is 0.854. The van der Waals surface area contributed by atoms with Crippen molar-refractivity contribution in [3.8, 4) is 0 Å². The number of hydrogen-bond donors (Lipinski definition) is 0. The van der Waals surface area contributed by atoms with E-state index in [9.17, 15) is 9.59 Å². The number of benzene rings is 1. The lowest BCUT2D eigenvalue weighted by molar-refractivity contribution is 0.237. The van der Waals surface area contributed by atoms with Crippen LogP contribution in [0.4, 0.5) is 0 Å². The van der Waals surface area contributed by atoms with Crippen molar-refractivity contribution < 1.29 is 0 Å². The fourth-order valence-corrected chi connectivity index (χ4v) is 3.36. The van der Waals surface area contributed by atoms with Gasteiger partial charge in [0.15, 0.2) is 0 Å². The molecule has 0 radical (unpaired) electrons. The van der Waals surface area contributed by atoms with Crippen LogP contribution < -0.4 is 11.2 Å². The van der Waals surface area contributed by atoms with Gasteiger partial charge in [-0.15, -0.1) is 0 Å². The van der Waals surface area contributed by atoms with Crippen LogP contribution in [0.1, 0.15) is 24.1 Å². The number of aromatic nitrogens is 2. The highest BCUT2D eigenvalue weighted by Crippen LogP contribution is 2.22. The molecule has 1 aromatic heterocycles. The highest BCUT2D eigenvalue weighted by molar-refractivity contribution is 5.16. The second-order valence-corrected chi connectivity index (χ2v) is 6.33. The largest absolute Gasteiger partial charge is 0.330 e. The maximum Gasteiger partial charge on any atom is 0.330 e. The summed E-state index contributed by atoms with van der Waals surface area (Å²) in [5, 5.41) is 0. The minimum Gasteiger partial charge on any atom is -0.299 e. The second-order valence-electron chi connectivity index (χ2n) is 6.33. The first-order valence-corrected chi connectivity index (χ1v) is 8.10. The molecule has 0 unspecified atom stereocenters. The topological polar surface area (TPSA) is 47.2 Å². The molecule has 1 aliphatic heterocycles. The van der Waals surface area contributed by atoms with Gasteiger partial charge in [0.2, 0.25) is 0 Å². The Morgan fingerprint density at radius 2 is 1.83 bits per heavy atom. The van der Waals surface area contributed by atoms with Crippen molar-refractivity contribution in [1.29, 1.82) is 0 Å². The zero-order valence-electron chi connectivity index (χ0n) is 13.7. The highest BCUT2D eigenvalue weighted by Gasteiger charge is 2.25. The molecule has 23 heavy (non-hydrogen) atoms. The first-order valence-electron chi connectivity index (χ1n) is 8.10. The molecule has 2 aromatic rings. The Bertz CT molecular complexity index is 792. The maximum absolute atomic E-state index is 12.1. The zero-order valence-corrected chi connectivity index (χ0v) is 13.7. The van der Waals surface area contributed by atoms with Gasteiger partial charge in [0.05, 0.1) is 0 Å². The molecule has 0 N–H and O–H groups in total. The van der Waals surface area contributed by atoms with Crippen molar-refractivity contribution in [2.75, 3.05) is 6.54 Å². The van der Waals surface area contributed by atoms with E-state index in [0.29, 0.717) is 12.6 Å². The van der Waals surface area contributed by atoms with E-state index < -0.39 is 0 Å². The molecule has 0 amide bonds. The van der Waals surface area contributed by atoms with Gasteiger partial charge in [-0.25, -0.2) is 4.79 Å². The first-order chi connectivity index (χ1) is 11.1. The van der Waals surface area contributed by atoms with E-state index in [1.807, 2.05) is 6.07 Å². The molecule has 1 atom stereocenters. The van der Waals surface area contributed by atoms with E-state index in [-0.39, 0.29) is 11.2 Å². The molecule has 122 valence electrons. The maximum atomic E-state index is 12.1. The van der Waals surface area contributed by atoms with Gasteiger partial charge in [-0.05, 0) is 31.4 Å². The lowest BCUT2D eigenvalue weighted by atomic mass is 10.0. The van der Waals surface area contributed by atoms with E-state index in [4.69, 9.17) is 0 Å². The second kappa shape index (κ2) is 6.54. The molecular weight excluding hydrogens is 290 g/mol. The zero-order chi connectivity index (χ0) is 16.4. The van der Waals surface area contributed by atoms with Gasteiger partial charge in [-0.3, -0.25) is 18.8 Å². The summed E-state index contributed by atoms with van der Waals surface area (Å²) in [5.41, 5.74) is 1.63. The molecule has 1 aliphatic rings. The summed E-state index contributed by atoms with van der Waals surface area (Å²) in [4.78, 5) is 26.3. The third-order valence-corrected chi connectivity index (χ3v) is 4.80. The van der Waals surface area contributed by atoms with Crippen molar-refractivity contribution in [3.63, 3.8) is 0 Å². The fraction of sp³-hybridized carbons (Fsp3) is 0.444. The third-order valence-electron chi connectivity index (χ3n) is 4.80. The van der Waals surface area contributed by atoms with E-state index >= 15 is 0 Å². The summed E-state index contributed by atoms with van der Waals surface area (Å²) in [5.74, 6) is 0. The Morgan fingerprint density at radius 1 is 1.09 bits per heavy atom. The average molecular weight is 313 g/mol. The SMILES string of the molecule is Cn1c(CN2CCC[C@H]2Cc2ccccc2)cc(=O)n(C)c1=O. The monoisotopic (exact) mass is 313 g/mol. The molecule has 1 saturated heterocycles. The number of rotatable bonds is 4. The van der Waals surface area contributed by atoms with Crippen molar-refractivity contribution in [2.24, 2.45) is 14.1 Å². The molecule has 3 rings (SSSR count). The summed E-state index contributed by atoms with van der Waals surface area (Å²) in [6.07, 6.45) is 3.34. The van der Waals surface area contributed by atoms with Gasteiger partial charge >= 0.3 is 5.69 Å². The highest BCUT2D eigenvalue weighted by atomic mass is 16.2. The first kappa shape index (κ1) is 15.7. The molecular formula is C18H23N3O2. The van der Waals surface area contributed by atoms with Crippen LogP contribution in [-0.4, -0.2) is 26.6 Å². The fourth-order valence-electron chi connectivity index (χ4n) is 3.36. The van der Waals surface area contributed by atoms with Crippen molar-refractivity contribution in [2.45, 2.75) is 31.8 Å². The van der Waals surface area contributed by atoms with Gasteiger partial charge < -0.3 is 0 Å². The van der Waals surface area contributed by atoms with E-state index in [1.54, 1.807) is 17.7 Å². The molecule has 0 bridgehead atoms. The van der Waals surface area contributed by atoms with Crippen LogP contribution in [0.3, 0.4) is 0 Å². The Balaban J connectivity index is 1.80. The lowest BCUT2D eigenvalue weighted by Crippen LogP contribution is -2.40. The van der Waals surface area contributed by atoms with Crippen LogP contribution in [0.25, 0.3) is 0 Å². The molecule has 2 heterocycles. The summed E-state index contributed by atoms with van der Waals surface area (Å²) < 4.78 is 2.73. The number of nitrogens with zero attached hydrogens (tertiary/aromatic N) is 3. The summed E-state index contributed by atoms with van der Waals surface area (Å²) in [6.45, 7) is 1.67. The smallest absolute Gasteiger partial charge is 0.299 e. The Hall–Kier alpha value is -2.14. The van der Waals surface area contributed by atoms with Crippen molar-refractivity contribution in [3.05, 3.63) is 68.5 Å². The van der Waals surface area contributed by atoms with Gasteiger partial charge in [-0.1, -0.05) is 30.3 Å². The van der Waals surface area contributed by atoms with Gasteiger partial charge in [0, 0.05) is 38.4 Å². The van der Waals surface area contributed by atoms with Crippen LogP contribution in [0, 0.1) is 0 Å². The standard InChI is InChI=1S/C18H23N3O2/c1-19-16(12-17(22)20(2)18(19)23)13-21-10-6-9-15(21)11-14-7-4-3-5-8-14/h3-5,7-8,12,15H,6,9-11,13H2,1-2H3/t15-/m0/s1. The summed E-state index contributed by atoms with van der Waals surface area (Å²) in [7, 11) is 3.25. The Labute approximate surface area is 135 Å². The minimum absolute atomic E-state index is 0.234. The van der Waals surface area contributed by atoms with E-state index in [0.717, 1.165) is 36.1 Å². The van der Waals surface area contributed by atoms with E-state index in [1.165, 1.54) is 12.6 Å². The summed E-state index contributed by atoms with van der Waals surface area (Å²) >= 11 is 0. The Morgan fingerprint density at radius 3 is 2.57 bits per heavy atom. The molecule has 1 fully saturated rings. The van der Waals surface area contributed by atoms with Crippen LogP contribution in [0.5, 0.6) is 0 Å². The molecule has 5 heteroatoms. The normalized spacial score (nSPS) is 18.4. The summed E-state index contributed by atoms with van der Waals surface area (Å²) in [6, 6.07) is 12.5. The lowest BCUT2D eigenvalue weighted by Gasteiger charge is -2.25. The predicted molar refractivity (Wildman–Crippen MR) is 90.5 cm³/mol. The van der Waals surface area contributed by atoms with E-state index in [2.05, 4.69) is 29.2 Å². The van der Waals surface area contributed by atoms with Gasteiger partial charge in [0.1, 0.15) is 0 Å². The Kier molecular flexibility index (Phi) is 4.48. The van der Waals surface area contributed by atoms with Gasteiger partial charge in [0.25, 0.3) is 5.56 Å². The molecule has 5 nitrogen and oxygen atoms in total. The van der Waals surface area contributed by atoms with Crippen molar-refractivity contribution in [1.82, 2.24) is 14.0 Å². The minimum atomic E-state index is -0.258. The molecule has 0 spiro atoms. The number of hydrogen-bond acceptors (Lipinski definition) is 3. The molecule has 1 aromatic carbocycles. The van der Waals surface area contributed by atoms with Crippen LogP contribution in [0.15, 0.2) is 46.0 Å².